The van der Waals surface area contributed by atoms with Gasteiger partial charge in [0.15, 0.2) is 0 Å². The monoisotopic (exact) mass is 251 g/mol. The van der Waals surface area contributed by atoms with Crippen molar-refractivity contribution >= 4 is 21.6 Å². The normalized spacial score (nSPS) is 21.1. The quantitative estimate of drug-likeness (QED) is 0.596. The summed E-state index contributed by atoms with van der Waals surface area (Å²) in [6.45, 7) is 0. The Labute approximate surface area is 93.1 Å². The molecule has 0 fully saturated rings. The standard InChI is InChI=1S/C12H14BrN/c13-11-8-4-7-10(12(11)14)9-5-2-1-3-6-9/h2,4-5,7-9H,1,3,6,14H2. The van der Waals surface area contributed by atoms with Gasteiger partial charge >= 0.3 is 0 Å². The molecule has 1 aromatic carbocycles. The number of hydrogen-bond acceptors (Lipinski definition) is 1. The number of hydrogen-bond donors (Lipinski definition) is 1. The predicted octanol–water partition coefficient (Wildman–Crippen LogP) is 3.86. The van der Waals surface area contributed by atoms with Crippen LogP contribution in [-0.4, -0.2) is 0 Å². The molecule has 0 aromatic heterocycles. The SMILES string of the molecule is Nc1c(Br)cccc1C1C=CCCC1. The van der Waals surface area contributed by atoms with E-state index in [1.807, 2.05) is 6.07 Å². The number of allylic oxidation sites excluding steroid dienone is 2. The van der Waals surface area contributed by atoms with Crippen LogP contribution in [-0.2, 0) is 0 Å². The minimum absolute atomic E-state index is 0.515. The van der Waals surface area contributed by atoms with Crippen LogP contribution in [0.2, 0.25) is 0 Å². The van der Waals surface area contributed by atoms with Crippen molar-refractivity contribution in [2.24, 2.45) is 0 Å². The molecule has 74 valence electrons. The summed E-state index contributed by atoms with van der Waals surface area (Å²) in [7, 11) is 0. The van der Waals surface area contributed by atoms with Gasteiger partial charge in [-0.1, -0.05) is 24.3 Å². The minimum Gasteiger partial charge on any atom is -0.398 e. The number of anilines is 1. The van der Waals surface area contributed by atoms with E-state index < -0.39 is 0 Å². The highest BCUT2D eigenvalue weighted by molar-refractivity contribution is 9.10. The van der Waals surface area contributed by atoms with Crippen LogP contribution in [0.25, 0.3) is 0 Å². The van der Waals surface area contributed by atoms with Crippen LogP contribution < -0.4 is 5.73 Å². The largest absolute Gasteiger partial charge is 0.398 e. The van der Waals surface area contributed by atoms with Crippen molar-refractivity contribution in [3.63, 3.8) is 0 Å². The Morgan fingerprint density at radius 1 is 1.36 bits per heavy atom. The fraction of sp³-hybridized carbons (Fsp3) is 0.333. The molecular formula is C12H14BrN. The third-order valence-corrected chi connectivity index (χ3v) is 3.43. The van der Waals surface area contributed by atoms with E-state index in [-0.39, 0.29) is 0 Å². The van der Waals surface area contributed by atoms with Gasteiger partial charge in [0.25, 0.3) is 0 Å². The minimum atomic E-state index is 0.515. The molecule has 1 atom stereocenters. The Hall–Kier alpha value is -0.760. The summed E-state index contributed by atoms with van der Waals surface area (Å²) in [6, 6.07) is 6.17. The van der Waals surface area contributed by atoms with E-state index in [0.29, 0.717) is 5.92 Å². The van der Waals surface area contributed by atoms with Gasteiger partial charge in [0, 0.05) is 16.1 Å². The molecule has 0 bridgehead atoms. The molecule has 2 heteroatoms. The highest BCUT2D eigenvalue weighted by Crippen LogP contribution is 2.34. The van der Waals surface area contributed by atoms with Crippen molar-refractivity contribution in [2.45, 2.75) is 25.2 Å². The molecule has 0 saturated carbocycles. The van der Waals surface area contributed by atoms with E-state index in [0.717, 1.165) is 10.2 Å². The molecule has 1 aliphatic carbocycles. The zero-order valence-electron chi connectivity index (χ0n) is 8.04. The molecule has 1 aliphatic rings. The van der Waals surface area contributed by atoms with E-state index in [9.17, 15) is 0 Å². The second-order valence-corrected chi connectivity index (χ2v) is 4.56. The summed E-state index contributed by atoms with van der Waals surface area (Å²) in [5.74, 6) is 0.515. The summed E-state index contributed by atoms with van der Waals surface area (Å²) in [4.78, 5) is 0. The second-order valence-electron chi connectivity index (χ2n) is 3.71. The van der Waals surface area contributed by atoms with E-state index in [1.165, 1.54) is 24.8 Å². The first-order valence-electron chi connectivity index (χ1n) is 4.99. The van der Waals surface area contributed by atoms with Crippen LogP contribution in [0.3, 0.4) is 0 Å². The molecule has 2 rings (SSSR count). The fourth-order valence-corrected chi connectivity index (χ4v) is 2.33. The lowest BCUT2D eigenvalue weighted by Crippen LogP contribution is -2.03. The Morgan fingerprint density at radius 3 is 2.93 bits per heavy atom. The first-order valence-corrected chi connectivity index (χ1v) is 5.79. The van der Waals surface area contributed by atoms with Crippen LogP contribution in [0.1, 0.15) is 30.7 Å². The zero-order chi connectivity index (χ0) is 9.97. The Morgan fingerprint density at radius 2 is 2.21 bits per heavy atom. The molecular weight excluding hydrogens is 238 g/mol. The van der Waals surface area contributed by atoms with Crippen LogP contribution >= 0.6 is 15.9 Å². The molecule has 1 aromatic rings. The van der Waals surface area contributed by atoms with Gasteiger partial charge in [0.05, 0.1) is 0 Å². The lowest BCUT2D eigenvalue weighted by molar-refractivity contribution is 0.655. The third-order valence-electron chi connectivity index (χ3n) is 2.74. The van der Waals surface area contributed by atoms with E-state index in [2.05, 4.69) is 40.2 Å². The lowest BCUT2D eigenvalue weighted by atomic mass is 9.88. The second kappa shape index (κ2) is 4.18. The zero-order valence-corrected chi connectivity index (χ0v) is 9.63. The summed E-state index contributed by atoms with van der Waals surface area (Å²) in [5.41, 5.74) is 8.18. The molecule has 1 unspecified atom stereocenters. The Bertz CT molecular complexity index is 357. The van der Waals surface area contributed by atoms with Crippen molar-refractivity contribution in [2.75, 3.05) is 5.73 Å². The van der Waals surface area contributed by atoms with Crippen molar-refractivity contribution in [3.05, 3.63) is 40.4 Å². The van der Waals surface area contributed by atoms with Gasteiger partial charge in [-0.25, -0.2) is 0 Å². The molecule has 0 radical (unpaired) electrons. The number of para-hydroxylation sites is 1. The summed E-state index contributed by atoms with van der Waals surface area (Å²) in [5, 5.41) is 0. The van der Waals surface area contributed by atoms with Gasteiger partial charge in [-0.05, 0) is 46.8 Å². The fourth-order valence-electron chi connectivity index (χ4n) is 1.95. The van der Waals surface area contributed by atoms with E-state index >= 15 is 0 Å². The number of benzene rings is 1. The Kier molecular flexibility index (Phi) is 2.92. The summed E-state index contributed by atoms with van der Waals surface area (Å²) < 4.78 is 1.01. The van der Waals surface area contributed by atoms with Crippen molar-refractivity contribution in [1.29, 1.82) is 0 Å². The van der Waals surface area contributed by atoms with E-state index in [1.54, 1.807) is 0 Å². The molecule has 0 amide bonds. The molecule has 0 aliphatic heterocycles. The van der Waals surface area contributed by atoms with Gasteiger partial charge in [0.2, 0.25) is 0 Å². The molecule has 0 spiro atoms. The van der Waals surface area contributed by atoms with Crippen LogP contribution in [0.15, 0.2) is 34.8 Å². The van der Waals surface area contributed by atoms with Crippen LogP contribution in [0.5, 0.6) is 0 Å². The highest BCUT2D eigenvalue weighted by Gasteiger charge is 2.14. The Balaban J connectivity index is 2.35. The maximum Gasteiger partial charge on any atom is 0.0497 e. The van der Waals surface area contributed by atoms with Crippen LogP contribution in [0, 0.1) is 0 Å². The lowest BCUT2D eigenvalue weighted by Gasteiger charge is -2.19. The number of halogens is 1. The maximum absolute atomic E-state index is 6.03. The maximum atomic E-state index is 6.03. The van der Waals surface area contributed by atoms with Crippen molar-refractivity contribution < 1.29 is 0 Å². The summed E-state index contributed by atoms with van der Waals surface area (Å²) in [6.07, 6.45) is 8.24. The number of nitrogens with two attached hydrogens (primary N) is 1. The smallest absolute Gasteiger partial charge is 0.0497 e. The molecule has 14 heavy (non-hydrogen) atoms. The molecule has 2 N–H and O–H groups in total. The van der Waals surface area contributed by atoms with Gasteiger partial charge < -0.3 is 5.73 Å². The highest BCUT2D eigenvalue weighted by atomic mass is 79.9. The first-order chi connectivity index (χ1) is 6.79. The topological polar surface area (TPSA) is 26.0 Å². The average Bonchev–Trinajstić information content (AvgIpc) is 2.23. The van der Waals surface area contributed by atoms with E-state index in [4.69, 9.17) is 5.73 Å². The summed E-state index contributed by atoms with van der Waals surface area (Å²) >= 11 is 3.46. The molecule has 0 saturated heterocycles. The number of nitrogen functional groups attached to an aromatic ring is 1. The van der Waals surface area contributed by atoms with Crippen LogP contribution in [0.4, 0.5) is 5.69 Å². The van der Waals surface area contributed by atoms with Gasteiger partial charge in [-0.3, -0.25) is 0 Å². The van der Waals surface area contributed by atoms with Crippen molar-refractivity contribution in [3.8, 4) is 0 Å². The predicted molar refractivity (Wildman–Crippen MR) is 64.3 cm³/mol. The molecule has 1 nitrogen and oxygen atoms in total. The molecule has 0 heterocycles. The first kappa shape index (κ1) is 9.78. The van der Waals surface area contributed by atoms with Crippen molar-refractivity contribution in [1.82, 2.24) is 0 Å². The average molecular weight is 252 g/mol. The van der Waals surface area contributed by atoms with Gasteiger partial charge in [-0.15, -0.1) is 0 Å². The third kappa shape index (κ3) is 1.85. The van der Waals surface area contributed by atoms with Gasteiger partial charge in [-0.2, -0.15) is 0 Å². The number of rotatable bonds is 1. The van der Waals surface area contributed by atoms with Gasteiger partial charge in [0.1, 0.15) is 0 Å².